The molecule has 18 heavy (non-hydrogen) atoms. The van der Waals surface area contributed by atoms with E-state index in [4.69, 9.17) is 23.2 Å². The predicted molar refractivity (Wildman–Crippen MR) is 79.6 cm³/mol. The van der Waals surface area contributed by atoms with Crippen molar-refractivity contribution >= 4 is 35.0 Å². The first kappa shape index (κ1) is 13.6. The Kier molecular flexibility index (Phi) is 4.81. The number of hydrogen-bond acceptors (Lipinski definition) is 2. The molecule has 0 heterocycles. The van der Waals surface area contributed by atoms with Crippen LogP contribution in [0.2, 0.25) is 10.0 Å². The first-order chi connectivity index (χ1) is 8.66. The van der Waals surface area contributed by atoms with Crippen LogP contribution in [0.1, 0.15) is 11.1 Å². The zero-order valence-corrected chi connectivity index (χ0v) is 11.9. The van der Waals surface area contributed by atoms with E-state index in [9.17, 15) is 5.11 Å². The number of rotatable bonds is 4. The minimum atomic E-state index is 0.127. The average molecular weight is 299 g/mol. The van der Waals surface area contributed by atoms with Crippen molar-refractivity contribution in [3.8, 4) is 5.75 Å². The van der Waals surface area contributed by atoms with Crippen LogP contribution in [0, 0.1) is 0 Å². The summed E-state index contributed by atoms with van der Waals surface area (Å²) in [6.45, 7) is 0. The molecular formula is C14H12Cl2OS. The monoisotopic (exact) mass is 298 g/mol. The molecule has 2 rings (SSSR count). The maximum atomic E-state index is 9.82. The van der Waals surface area contributed by atoms with Crippen LogP contribution in [0.3, 0.4) is 0 Å². The lowest BCUT2D eigenvalue weighted by molar-refractivity contribution is 0.471. The van der Waals surface area contributed by atoms with E-state index < -0.39 is 0 Å². The average Bonchev–Trinajstić information content (AvgIpc) is 2.36. The Hall–Kier alpha value is -0.830. The van der Waals surface area contributed by atoms with Gasteiger partial charge < -0.3 is 5.11 Å². The zero-order valence-electron chi connectivity index (χ0n) is 9.57. The second-order valence-electron chi connectivity index (χ2n) is 3.87. The van der Waals surface area contributed by atoms with Crippen LogP contribution in [-0.2, 0) is 11.5 Å². The molecular weight excluding hydrogens is 287 g/mol. The largest absolute Gasteiger partial charge is 0.506 e. The predicted octanol–water partition coefficient (Wildman–Crippen LogP) is 5.13. The number of phenolic OH excluding ortho intramolecular Hbond substituents is 1. The van der Waals surface area contributed by atoms with Gasteiger partial charge in [0.1, 0.15) is 5.75 Å². The molecule has 0 aromatic heterocycles. The molecule has 0 aliphatic rings. The summed E-state index contributed by atoms with van der Waals surface area (Å²) in [6, 6.07) is 13.5. The van der Waals surface area contributed by atoms with Crippen LogP contribution in [0.4, 0.5) is 0 Å². The summed E-state index contributed by atoms with van der Waals surface area (Å²) in [5.74, 6) is 1.70. The van der Waals surface area contributed by atoms with E-state index in [0.29, 0.717) is 15.8 Å². The molecule has 0 spiro atoms. The summed E-state index contributed by atoms with van der Waals surface area (Å²) in [7, 11) is 0. The van der Waals surface area contributed by atoms with Gasteiger partial charge in [-0.15, -0.1) is 0 Å². The molecule has 2 aromatic rings. The van der Waals surface area contributed by atoms with E-state index in [1.165, 1.54) is 5.56 Å². The van der Waals surface area contributed by atoms with Crippen LogP contribution in [0.15, 0.2) is 42.5 Å². The van der Waals surface area contributed by atoms with Crippen molar-refractivity contribution in [2.45, 2.75) is 11.5 Å². The van der Waals surface area contributed by atoms with Gasteiger partial charge in [0.05, 0.1) is 5.02 Å². The van der Waals surface area contributed by atoms with Crippen molar-refractivity contribution < 1.29 is 5.11 Å². The topological polar surface area (TPSA) is 20.2 Å². The summed E-state index contributed by atoms with van der Waals surface area (Å²) in [6.07, 6.45) is 0. The lowest BCUT2D eigenvalue weighted by atomic mass is 10.2. The number of benzene rings is 2. The molecule has 0 aliphatic heterocycles. The highest BCUT2D eigenvalue weighted by atomic mass is 35.5. The Morgan fingerprint density at radius 3 is 2.44 bits per heavy atom. The molecule has 0 fully saturated rings. The van der Waals surface area contributed by atoms with E-state index in [1.54, 1.807) is 23.9 Å². The van der Waals surface area contributed by atoms with Crippen LogP contribution in [-0.4, -0.2) is 5.11 Å². The number of phenols is 1. The molecule has 0 radical (unpaired) electrons. The lowest BCUT2D eigenvalue weighted by Crippen LogP contribution is -1.85. The number of thioether (sulfide) groups is 1. The smallest absolute Gasteiger partial charge is 0.138 e. The Balaban J connectivity index is 1.99. The fraction of sp³-hybridized carbons (Fsp3) is 0.143. The molecule has 0 saturated carbocycles. The number of hydrogen-bond donors (Lipinski definition) is 1. The first-order valence-electron chi connectivity index (χ1n) is 5.45. The van der Waals surface area contributed by atoms with Gasteiger partial charge in [0.15, 0.2) is 0 Å². The van der Waals surface area contributed by atoms with Crippen LogP contribution < -0.4 is 0 Å². The molecule has 1 nitrogen and oxygen atoms in total. The highest BCUT2D eigenvalue weighted by molar-refractivity contribution is 7.97. The normalized spacial score (nSPS) is 10.6. The maximum absolute atomic E-state index is 9.82. The van der Waals surface area contributed by atoms with Crippen molar-refractivity contribution in [3.05, 3.63) is 63.6 Å². The second kappa shape index (κ2) is 6.37. The fourth-order valence-corrected chi connectivity index (χ4v) is 3.09. The zero-order chi connectivity index (χ0) is 13.0. The van der Waals surface area contributed by atoms with Crippen LogP contribution >= 0.6 is 35.0 Å². The summed E-state index contributed by atoms with van der Waals surface area (Å²) < 4.78 is 0. The third-order valence-electron chi connectivity index (χ3n) is 2.48. The van der Waals surface area contributed by atoms with Crippen molar-refractivity contribution in [2.24, 2.45) is 0 Å². The van der Waals surface area contributed by atoms with Gasteiger partial charge in [-0.05, 0) is 17.7 Å². The van der Waals surface area contributed by atoms with E-state index in [0.717, 1.165) is 11.3 Å². The van der Waals surface area contributed by atoms with Gasteiger partial charge in [-0.3, -0.25) is 0 Å². The van der Waals surface area contributed by atoms with Crippen molar-refractivity contribution in [3.63, 3.8) is 0 Å². The highest BCUT2D eigenvalue weighted by Crippen LogP contribution is 2.33. The van der Waals surface area contributed by atoms with Crippen LogP contribution in [0.5, 0.6) is 5.75 Å². The molecule has 4 heteroatoms. The quantitative estimate of drug-likeness (QED) is 0.844. The minimum Gasteiger partial charge on any atom is -0.506 e. The molecule has 0 amide bonds. The van der Waals surface area contributed by atoms with E-state index in [-0.39, 0.29) is 5.75 Å². The second-order valence-corrected chi connectivity index (χ2v) is 5.70. The third kappa shape index (κ3) is 3.58. The van der Waals surface area contributed by atoms with Gasteiger partial charge in [0.2, 0.25) is 0 Å². The summed E-state index contributed by atoms with van der Waals surface area (Å²) in [5.41, 5.74) is 2.03. The summed E-state index contributed by atoms with van der Waals surface area (Å²) in [5, 5.41) is 10.7. The molecule has 2 aromatic carbocycles. The Bertz CT molecular complexity index is 529. The van der Waals surface area contributed by atoms with Crippen molar-refractivity contribution in [1.29, 1.82) is 0 Å². The van der Waals surface area contributed by atoms with Gasteiger partial charge in [0, 0.05) is 22.1 Å². The fourth-order valence-electron chi connectivity index (χ4n) is 1.58. The summed E-state index contributed by atoms with van der Waals surface area (Å²) in [4.78, 5) is 0. The van der Waals surface area contributed by atoms with E-state index in [2.05, 4.69) is 12.1 Å². The number of aromatic hydroxyl groups is 1. The van der Waals surface area contributed by atoms with Gasteiger partial charge in [-0.1, -0.05) is 53.5 Å². The van der Waals surface area contributed by atoms with Gasteiger partial charge >= 0.3 is 0 Å². The standard InChI is InChI=1S/C14H12Cl2OS/c15-12-6-11(14(17)13(16)7-12)9-18-8-10-4-2-1-3-5-10/h1-7,17H,8-9H2. The Labute approximate surface area is 121 Å². The Morgan fingerprint density at radius 1 is 1.00 bits per heavy atom. The van der Waals surface area contributed by atoms with Crippen molar-refractivity contribution in [1.82, 2.24) is 0 Å². The molecule has 0 aliphatic carbocycles. The Morgan fingerprint density at radius 2 is 1.72 bits per heavy atom. The molecule has 1 N–H and O–H groups in total. The molecule has 0 atom stereocenters. The highest BCUT2D eigenvalue weighted by Gasteiger charge is 2.07. The van der Waals surface area contributed by atoms with Crippen molar-refractivity contribution in [2.75, 3.05) is 0 Å². The molecule has 0 saturated heterocycles. The van der Waals surface area contributed by atoms with Gasteiger partial charge in [-0.25, -0.2) is 0 Å². The van der Waals surface area contributed by atoms with Gasteiger partial charge in [0.25, 0.3) is 0 Å². The molecule has 0 bridgehead atoms. The SMILES string of the molecule is Oc1c(Cl)cc(Cl)cc1CSCc1ccccc1. The first-order valence-corrected chi connectivity index (χ1v) is 7.36. The molecule has 0 unspecified atom stereocenters. The number of halogens is 2. The van der Waals surface area contributed by atoms with Crippen LogP contribution in [0.25, 0.3) is 0 Å². The molecule has 94 valence electrons. The van der Waals surface area contributed by atoms with Gasteiger partial charge in [-0.2, -0.15) is 11.8 Å². The summed E-state index contributed by atoms with van der Waals surface area (Å²) >= 11 is 13.5. The van der Waals surface area contributed by atoms with E-state index >= 15 is 0 Å². The third-order valence-corrected chi connectivity index (χ3v) is 4.04. The lowest BCUT2D eigenvalue weighted by Gasteiger charge is -2.07. The minimum absolute atomic E-state index is 0.127. The maximum Gasteiger partial charge on any atom is 0.138 e. The van der Waals surface area contributed by atoms with E-state index in [1.807, 2.05) is 18.2 Å².